The number of benzene rings is 7. The van der Waals surface area contributed by atoms with Crippen molar-refractivity contribution < 1.29 is 38.9 Å². The summed E-state index contributed by atoms with van der Waals surface area (Å²) < 4.78 is 10.3. The van der Waals surface area contributed by atoms with Crippen molar-refractivity contribution in [1.82, 2.24) is 0 Å². The highest BCUT2D eigenvalue weighted by atomic mass is 35.5. The number of rotatable bonds is 14. The van der Waals surface area contributed by atoms with Gasteiger partial charge in [-0.2, -0.15) is 10.2 Å². The summed E-state index contributed by atoms with van der Waals surface area (Å²) in [6, 6.07) is 30.3. The molecule has 0 aliphatic carbocycles. The maximum absolute atomic E-state index is 14.0. The first-order chi connectivity index (χ1) is 31.8. The third-order valence-corrected chi connectivity index (χ3v) is 10.9. The van der Waals surface area contributed by atoms with Crippen LogP contribution >= 0.6 is 23.2 Å². The second-order valence-electron chi connectivity index (χ2n) is 15.1. The van der Waals surface area contributed by atoms with E-state index in [0.717, 1.165) is 0 Å². The lowest BCUT2D eigenvalue weighted by Gasteiger charge is -2.16. The van der Waals surface area contributed by atoms with E-state index in [1.165, 1.54) is 12.1 Å². The number of anilines is 2. The van der Waals surface area contributed by atoms with Gasteiger partial charge in [0.25, 0.3) is 11.8 Å². The number of alkyl halides is 2. The molecule has 4 N–H and O–H groups in total. The van der Waals surface area contributed by atoms with Crippen LogP contribution < -0.4 is 10.6 Å². The quantitative estimate of drug-likeness (QED) is 0.0469. The van der Waals surface area contributed by atoms with Gasteiger partial charge in [-0.05, 0) is 109 Å². The predicted octanol–water partition coefficient (Wildman–Crippen LogP) is 12.8. The molecular formula is C50H42Cl2N6O8. The van der Waals surface area contributed by atoms with Gasteiger partial charge in [0.05, 0.1) is 45.4 Å². The van der Waals surface area contributed by atoms with E-state index in [1.807, 2.05) is 0 Å². The van der Waals surface area contributed by atoms with Gasteiger partial charge >= 0.3 is 11.9 Å². The second kappa shape index (κ2) is 20.4. The number of hydrogen-bond acceptors (Lipinski definition) is 12. The number of carbonyl (C=O) groups is 4. The van der Waals surface area contributed by atoms with E-state index in [0.29, 0.717) is 66.5 Å². The second-order valence-corrected chi connectivity index (χ2v) is 15.9. The number of esters is 2. The molecule has 0 spiro atoms. The summed E-state index contributed by atoms with van der Waals surface area (Å²) in [5.41, 5.74) is 4.52. The number of fused-ring (bicyclic) bond motifs is 2. The molecule has 0 atom stereocenters. The summed E-state index contributed by atoms with van der Waals surface area (Å²) >= 11 is 11.3. The molecule has 0 unspecified atom stereocenters. The molecule has 66 heavy (non-hydrogen) atoms. The fraction of sp³-hybridized carbons (Fsp3) is 0.160. The summed E-state index contributed by atoms with van der Waals surface area (Å²) in [6.45, 7) is 7.16. The largest absolute Gasteiger partial charge is 0.505 e. The number of carbonyl (C=O) groups excluding carboxylic acids is 4. The van der Waals surface area contributed by atoms with Crippen LogP contribution in [-0.2, 0) is 9.47 Å². The standard InChI is InChI=1S/C50H42Cl2N6O8/c1-27-13-15-33(49(63)65-19-17-51)25-41(27)55-57-43-35-11-7-5-9-31(35)23-37(45(43)59)47(61)53-39-21-30(4)40(22-29(39)3)54-48(62)38-24-32-10-6-8-12-36(32)44(46(38)60)58-56-42-26-34(16-14-28(42)2)50(64)66-20-18-52/h5-16,21-26,59-60H,17-20H2,1-4H3,(H,53,61)(H,54,62)/b57-55+,58-56+. The molecule has 14 nitrogen and oxygen atoms in total. The van der Waals surface area contributed by atoms with Gasteiger partial charge in [0.15, 0.2) is 11.5 Å². The maximum atomic E-state index is 14.0. The first-order valence-electron chi connectivity index (χ1n) is 20.5. The van der Waals surface area contributed by atoms with Crippen molar-refractivity contribution in [3.63, 3.8) is 0 Å². The lowest BCUT2D eigenvalue weighted by atomic mass is 10.0. The molecule has 16 heteroatoms. The molecule has 0 aliphatic rings. The number of nitrogens with one attached hydrogen (secondary N) is 2. The van der Waals surface area contributed by atoms with Crippen LogP contribution in [0, 0.1) is 27.7 Å². The molecule has 0 saturated carbocycles. The highest BCUT2D eigenvalue weighted by Crippen LogP contribution is 2.42. The number of ether oxygens (including phenoxy) is 2. The smallest absolute Gasteiger partial charge is 0.338 e. The average molecular weight is 926 g/mol. The lowest BCUT2D eigenvalue weighted by molar-refractivity contribution is 0.0520. The van der Waals surface area contributed by atoms with Crippen molar-refractivity contribution in [2.45, 2.75) is 27.7 Å². The third-order valence-electron chi connectivity index (χ3n) is 10.6. The van der Waals surface area contributed by atoms with E-state index < -0.39 is 35.3 Å². The van der Waals surface area contributed by atoms with E-state index in [1.54, 1.807) is 125 Å². The number of hydrogen-bond donors (Lipinski definition) is 4. The topological polar surface area (TPSA) is 201 Å². The van der Waals surface area contributed by atoms with Crippen LogP contribution in [0.4, 0.5) is 34.1 Å². The van der Waals surface area contributed by atoms with Crippen molar-refractivity contribution in [3.05, 3.63) is 154 Å². The highest BCUT2D eigenvalue weighted by molar-refractivity contribution is 6.18. The number of halogens is 2. The number of nitrogens with zero attached hydrogens (tertiary/aromatic N) is 4. The minimum absolute atomic E-state index is 0.0464. The Kier molecular flexibility index (Phi) is 14.3. The SMILES string of the molecule is Cc1ccc(C(=O)OCCCl)cc1/N=N/c1c(O)c(C(=O)Nc2cc(C)c(NC(=O)c3cc4ccccc4c(/N=N/c4cc(C(=O)OCCCl)ccc4C)c3O)cc2C)cc2ccccc12. The summed E-state index contributed by atoms with van der Waals surface area (Å²) in [7, 11) is 0. The highest BCUT2D eigenvalue weighted by Gasteiger charge is 2.23. The molecule has 0 heterocycles. The summed E-state index contributed by atoms with van der Waals surface area (Å²) in [5.74, 6) is -2.94. The number of azo groups is 2. The molecular weight excluding hydrogens is 883 g/mol. The van der Waals surface area contributed by atoms with Gasteiger partial charge in [0, 0.05) is 22.1 Å². The zero-order chi connectivity index (χ0) is 47.1. The van der Waals surface area contributed by atoms with Crippen LogP contribution in [0.5, 0.6) is 11.5 Å². The van der Waals surface area contributed by atoms with Crippen LogP contribution in [0.25, 0.3) is 21.5 Å². The molecule has 0 fully saturated rings. The summed E-state index contributed by atoms with van der Waals surface area (Å²) in [4.78, 5) is 52.9. The van der Waals surface area contributed by atoms with Crippen LogP contribution in [0.2, 0.25) is 0 Å². The van der Waals surface area contributed by atoms with Gasteiger partial charge in [-0.25, -0.2) is 9.59 Å². The number of phenols is 2. The fourth-order valence-corrected chi connectivity index (χ4v) is 7.13. The van der Waals surface area contributed by atoms with E-state index in [2.05, 4.69) is 31.1 Å². The van der Waals surface area contributed by atoms with Gasteiger partial charge in [-0.1, -0.05) is 60.7 Å². The number of amides is 2. The van der Waals surface area contributed by atoms with Crippen LogP contribution in [0.15, 0.2) is 130 Å². The Labute approximate surface area is 388 Å². The molecule has 2 amide bonds. The first kappa shape index (κ1) is 46.3. The first-order valence-corrected chi connectivity index (χ1v) is 21.6. The Morgan fingerprint density at radius 3 is 1.30 bits per heavy atom. The Hall–Kier alpha value is -7.68. The van der Waals surface area contributed by atoms with Crippen molar-refractivity contribution in [2.75, 3.05) is 35.6 Å². The molecule has 7 rings (SSSR count). The third kappa shape index (κ3) is 10.1. The van der Waals surface area contributed by atoms with Gasteiger partial charge in [-0.15, -0.1) is 33.4 Å². The zero-order valence-electron chi connectivity index (χ0n) is 36.1. The lowest BCUT2D eigenvalue weighted by Crippen LogP contribution is -2.15. The molecule has 0 bridgehead atoms. The molecule has 0 saturated heterocycles. The summed E-state index contributed by atoms with van der Waals surface area (Å²) in [6.07, 6.45) is 0. The van der Waals surface area contributed by atoms with E-state index in [9.17, 15) is 29.4 Å². The number of phenolic OH excluding ortho intramolecular Hbond substituents is 2. The molecule has 334 valence electrons. The monoisotopic (exact) mass is 924 g/mol. The Bertz CT molecular complexity index is 2930. The van der Waals surface area contributed by atoms with E-state index in [-0.39, 0.29) is 58.6 Å². The Balaban J connectivity index is 1.14. The molecule has 0 aromatic heterocycles. The Morgan fingerprint density at radius 2 is 0.909 bits per heavy atom. The minimum Gasteiger partial charge on any atom is -0.505 e. The summed E-state index contributed by atoms with van der Waals surface area (Å²) in [5, 5.41) is 48.7. The van der Waals surface area contributed by atoms with Crippen molar-refractivity contribution >= 4 is 103 Å². The van der Waals surface area contributed by atoms with Crippen LogP contribution in [0.3, 0.4) is 0 Å². The normalized spacial score (nSPS) is 11.4. The molecule has 0 radical (unpaired) electrons. The molecule has 0 aliphatic heterocycles. The number of aryl methyl sites for hydroxylation is 4. The minimum atomic E-state index is -0.634. The van der Waals surface area contributed by atoms with E-state index >= 15 is 0 Å². The van der Waals surface area contributed by atoms with Gasteiger partial charge < -0.3 is 30.3 Å². The fourth-order valence-electron chi connectivity index (χ4n) is 6.97. The Morgan fingerprint density at radius 1 is 0.515 bits per heavy atom. The molecule has 7 aromatic rings. The number of aromatic hydroxyl groups is 2. The van der Waals surface area contributed by atoms with Gasteiger partial charge in [-0.3, -0.25) is 9.59 Å². The van der Waals surface area contributed by atoms with Crippen molar-refractivity contribution in [2.24, 2.45) is 20.5 Å². The van der Waals surface area contributed by atoms with Gasteiger partial charge in [0.2, 0.25) is 0 Å². The maximum Gasteiger partial charge on any atom is 0.338 e. The van der Waals surface area contributed by atoms with E-state index in [4.69, 9.17) is 32.7 Å². The zero-order valence-corrected chi connectivity index (χ0v) is 37.6. The predicted molar refractivity (Wildman–Crippen MR) is 256 cm³/mol. The van der Waals surface area contributed by atoms with Gasteiger partial charge in [0.1, 0.15) is 24.6 Å². The van der Waals surface area contributed by atoms with Crippen LogP contribution in [0.1, 0.15) is 63.7 Å². The van der Waals surface area contributed by atoms with Crippen molar-refractivity contribution in [1.29, 1.82) is 0 Å². The molecule has 7 aromatic carbocycles. The van der Waals surface area contributed by atoms with Crippen molar-refractivity contribution in [3.8, 4) is 11.5 Å². The average Bonchev–Trinajstić information content (AvgIpc) is 3.31. The van der Waals surface area contributed by atoms with Crippen LogP contribution in [-0.4, -0.2) is 58.9 Å².